The summed E-state index contributed by atoms with van der Waals surface area (Å²) in [5, 5.41) is 11.6. The number of benzene rings is 1. The van der Waals surface area contributed by atoms with Gasteiger partial charge in [0.05, 0.1) is 12.2 Å². The summed E-state index contributed by atoms with van der Waals surface area (Å²) in [5.74, 6) is -0.605. The summed E-state index contributed by atoms with van der Waals surface area (Å²) in [5.41, 5.74) is 1.05. The van der Waals surface area contributed by atoms with Gasteiger partial charge < -0.3 is 25.0 Å². The molecule has 1 aliphatic rings. The Morgan fingerprint density at radius 1 is 1.40 bits per heavy atom. The number of ether oxygens (including phenoxy) is 1. The van der Waals surface area contributed by atoms with Crippen molar-refractivity contribution in [2.24, 2.45) is 5.92 Å². The molecule has 7 heteroatoms. The van der Waals surface area contributed by atoms with E-state index in [-0.39, 0.29) is 12.5 Å². The molecule has 2 N–H and O–H groups in total. The number of hydrogen-bond acceptors (Lipinski definition) is 5. The number of aliphatic carboxylic acids is 1. The highest BCUT2D eigenvalue weighted by Crippen LogP contribution is 2.20. The van der Waals surface area contributed by atoms with Crippen LogP contribution < -0.4 is 5.32 Å². The van der Waals surface area contributed by atoms with E-state index in [1.807, 2.05) is 0 Å². The smallest absolute Gasteiger partial charge is 0.322 e. The lowest BCUT2D eigenvalue weighted by atomic mass is 10.1. The number of anilines is 1. The van der Waals surface area contributed by atoms with Crippen LogP contribution in [-0.4, -0.2) is 80.3 Å². The van der Waals surface area contributed by atoms with Crippen molar-refractivity contribution in [3.8, 4) is 0 Å². The van der Waals surface area contributed by atoms with Crippen LogP contribution in [0.4, 0.5) is 5.69 Å². The fourth-order valence-electron chi connectivity index (χ4n) is 3.16. The molecule has 0 unspecified atom stereocenters. The van der Waals surface area contributed by atoms with Crippen LogP contribution in [0.3, 0.4) is 0 Å². The van der Waals surface area contributed by atoms with Crippen molar-refractivity contribution >= 4 is 17.6 Å². The van der Waals surface area contributed by atoms with E-state index in [9.17, 15) is 9.59 Å². The fourth-order valence-corrected chi connectivity index (χ4v) is 3.16. The van der Waals surface area contributed by atoms with Crippen LogP contribution in [0.2, 0.25) is 0 Å². The van der Waals surface area contributed by atoms with Gasteiger partial charge in [-0.25, -0.2) is 0 Å². The minimum Gasteiger partial charge on any atom is -0.480 e. The van der Waals surface area contributed by atoms with E-state index in [4.69, 9.17) is 9.84 Å². The molecule has 0 aromatic heterocycles. The maximum absolute atomic E-state index is 12.8. The van der Waals surface area contributed by atoms with Gasteiger partial charge in [0, 0.05) is 39.5 Å². The van der Waals surface area contributed by atoms with Gasteiger partial charge >= 0.3 is 5.97 Å². The van der Waals surface area contributed by atoms with Crippen molar-refractivity contribution in [2.45, 2.75) is 6.42 Å². The Hall–Kier alpha value is -2.12. The molecule has 1 saturated heterocycles. The minimum absolute atomic E-state index is 0.0937. The number of nitrogens with zero attached hydrogens (tertiary/aromatic N) is 2. The van der Waals surface area contributed by atoms with Gasteiger partial charge in [-0.2, -0.15) is 0 Å². The summed E-state index contributed by atoms with van der Waals surface area (Å²) in [4.78, 5) is 27.6. The van der Waals surface area contributed by atoms with Gasteiger partial charge in [0.15, 0.2) is 0 Å². The van der Waals surface area contributed by atoms with Gasteiger partial charge in [-0.05, 0) is 31.0 Å². The van der Waals surface area contributed by atoms with Gasteiger partial charge in [-0.15, -0.1) is 0 Å². The van der Waals surface area contributed by atoms with Crippen molar-refractivity contribution in [3.63, 3.8) is 0 Å². The van der Waals surface area contributed by atoms with Gasteiger partial charge in [-0.1, -0.05) is 12.1 Å². The van der Waals surface area contributed by atoms with Crippen LogP contribution in [0.25, 0.3) is 0 Å². The second-order valence-corrected chi connectivity index (χ2v) is 6.43. The number of nitrogens with one attached hydrogen (secondary N) is 1. The number of hydrogen-bond donors (Lipinski definition) is 2. The monoisotopic (exact) mass is 349 g/mol. The number of amides is 1. The van der Waals surface area contributed by atoms with Gasteiger partial charge in [-0.3, -0.25) is 9.59 Å². The van der Waals surface area contributed by atoms with Crippen molar-refractivity contribution in [2.75, 3.05) is 58.8 Å². The Balaban J connectivity index is 1.93. The normalized spacial score (nSPS) is 17.4. The molecule has 138 valence electrons. The van der Waals surface area contributed by atoms with Crippen LogP contribution in [0, 0.1) is 5.92 Å². The molecule has 1 amide bonds. The standard InChI is InChI=1S/C18H27N3O4/c1-20(12-14-7-8-21(13-14)9-10-25-2)18(24)15-5-3-4-6-16(15)19-11-17(22)23/h3-6,14,19H,7-13H2,1-2H3,(H,22,23)/t14-/m0/s1. The molecule has 1 fully saturated rings. The molecule has 25 heavy (non-hydrogen) atoms. The number of carbonyl (C=O) groups excluding carboxylic acids is 1. The number of carboxylic acids is 1. The van der Waals surface area contributed by atoms with E-state index in [1.165, 1.54) is 0 Å². The lowest BCUT2D eigenvalue weighted by Crippen LogP contribution is -2.34. The summed E-state index contributed by atoms with van der Waals surface area (Å²) >= 11 is 0. The van der Waals surface area contributed by atoms with Gasteiger partial charge in [0.1, 0.15) is 6.54 Å². The molecule has 0 spiro atoms. The Labute approximate surface area is 148 Å². The van der Waals surface area contributed by atoms with E-state index < -0.39 is 5.97 Å². The topological polar surface area (TPSA) is 82.1 Å². The van der Waals surface area contributed by atoms with Crippen LogP contribution in [0.15, 0.2) is 24.3 Å². The van der Waals surface area contributed by atoms with Crippen molar-refractivity contribution in [3.05, 3.63) is 29.8 Å². The van der Waals surface area contributed by atoms with E-state index in [1.54, 1.807) is 43.3 Å². The van der Waals surface area contributed by atoms with Crippen LogP contribution in [0.1, 0.15) is 16.8 Å². The maximum Gasteiger partial charge on any atom is 0.322 e. The average Bonchev–Trinajstić information content (AvgIpc) is 3.05. The van der Waals surface area contributed by atoms with Crippen molar-refractivity contribution in [1.29, 1.82) is 0 Å². The minimum atomic E-state index is -0.960. The van der Waals surface area contributed by atoms with Gasteiger partial charge in [0.25, 0.3) is 5.91 Å². The summed E-state index contributed by atoms with van der Waals surface area (Å²) in [7, 11) is 3.50. The van der Waals surface area contributed by atoms with Crippen molar-refractivity contribution < 1.29 is 19.4 Å². The lowest BCUT2D eigenvalue weighted by molar-refractivity contribution is -0.134. The first kappa shape index (κ1) is 19.2. The lowest BCUT2D eigenvalue weighted by Gasteiger charge is -2.23. The molecule has 1 aromatic rings. The third-order valence-electron chi connectivity index (χ3n) is 4.45. The largest absolute Gasteiger partial charge is 0.480 e. The molecule has 2 rings (SSSR count). The number of carboxylic acid groups (broad SMARTS) is 1. The third-order valence-corrected chi connectivity index (χ3v) is 4.45. The summed E-state index contributed by atoms with van der Waals surface area (Å²) in [6, 6.07) is 7.02. The van der Waals surface area contributed by atoms with Crippen LogP contribution in [-0.2, 0) is 9.53 Å². The Kier molecular flexibility index (Phi) is 7.21. The van der Waals surface area contributed by atoms with E-state index in [0.29, 0.717) is 23.7 Å². The summed E-state index contributed by atoms with van der Waals surface area (Å²) in [6.07, 6.45) is 1.07. The first-order valence-electron chi connectivity index (χ1n) is 8.52. The summed E-state index contributed by atoms with van der Waals surface area (Å²) in [6.45, 7) is 4.13. The zero-order chi connectivity index (χ0) is 18.2. The Bertz CT molecular complexity index is 593. The number of carbonyl (C=O) groups is 2. The predicted molar refractivity (Wildman–Crippen MR) is 96.0 cm³/mol. The quantitative estimate of drug-likeness (QED) is 0.698. The fraction of sp³-hybridized carbons (Fsp3) is 0.556. The number of rotatable bonds is 9. The van der Waals surface area contributed by atoms with Crippen molar-refractivity contribution in [1.82, 2.24) is 9.80 Å². The first-order chi connectivity index (χ1) is 12.0. The average molecular weight is 349 g/mol. The number of likely N-dealkylation sites (tertiary alicyclic amines) is 1. The molecular weight excluding hydrogens is 322 g/mol. The molecule has 0 aliphatic carbocycles. The highest BCUT2D eigenvalue weighted by molar-refractivity contribution is 5.99. The zero-order valence-corrected chi connectivity index (χ0v) is 14.9. The Morgan fingerprint density at radius 3 is 2.88 bits per heavy atom. The number of methoxy groups -OCH3 is 1. The molecule has 1 aliphatic heterocycles. The second-order valence-electron chi connectivity index (χ2n) is 6.43. The second kappa shape index (κ2) is 9.39. The molecule has 1 atom stereocenters. The van der Waals surface area contributed by atoms with E-state index in [2.05, 4.69) is 10.2 Å². The van der Waals surface area contributed by atoms with E-state index >= 15 is 0 Å². The SMILES string of the molecule is COCCN1CC[C@@H](CN(C)C(=O)c2ccccc2NCC(=O)O)C1. The molecule has 0 radical (unpaired) electrons. The van der Waals surface area contributed by atoms with Crippen LogP contribution in [0.5, 0.6) is 0 Å². The van der Waals surface area contributed by atoms with Crippen LogP contribution >= 0.6 is 0 Å². The Morgan fingerprint density at radius 2 is 2.16 bits per heavy atom. The molecular formula is C18H27N3O4. The predicted octanol–water partition coefficient (Wildman–Crippen LogP) is 1.22. The molecule has 7 nitrogen and oxygen atoms in total. The highest BCUT2D eigenvalue weighted by atomic mass is 16.5. The third kappa shape index (κ3) is 5.72. The first-order valence-corrected chi connectivity index (χ1v) is 8.52. The van der Waals surface area contributed by atoms with Gasteiger partial charge in [0.2, 0.25) is 0 Å². The molecule has 0 saturated carbocycles. The zero-order valence-electron chi connectivity index (χ0n) is 14.9. The maximum atomic E-state index is 12.8. The molecule has 0 bridgehead atoms. The summed E-state index contributed by atoms with van der Waals surface area (Å²) < 4.78 is 5.11. The molecule has 1 heterocycles. The highest BCUT2D eigenvalue weighted by Gasteiger charge is 2.25. The van der Waals surface area contributed by atoms with E-state index in [0.717, 1.165) is 32.7 Å². The number of para-hydroxylation sites is 1. The molecule has 1 aromatic carbocycles.